The van der Waals surface area contributed by atoms with E-state index in [4.69, 9.17) is 11.5 Å². The van der Waals surface area contributed by atoms with Gasteiger partial charge < -0.3 is 11.5 Å². The molecule has 0 spiro atoms. The number of aromatic amines is 1. The third kappa shape index (κ3) is 1.39. The van der Waals surface area contributed by atoms with Crippen molar-refractivity contribution in [1.29, 1.82) is 0 Å². The molecule has 0 aromatic carbocycles. The predicted octanol–water partition coefficient (Wildman–Crippen LogP) is 0.0577. The molecular weight excluding hydrogens is 156 g/mol. The summed E-state index contributed by atoms with van der Waals surface area (Å²) in [5, 5.41) is 0. The molecule has 66 valence electrons. The summed E-state index contributed by atoms with van der Waals surface area (Å²) < 4.78 is 0. The summed E-state index contributed by atoms with van der Waals surface area (Å²) in [6.45, 7) is 3.80. The fraction of sp³-hybridized carbons (Fsp3) is 0.429. The molecule has 0 saturated heterocycles. The lowest BCUT2D eigenvalue weighted by molar-refractivity contribution is 0.818. The molecule has 1 aromatic heterocycles. The van der Waals surface area contributed by atoms with Gasteiger partial charge in [0.2, 0.25) is 5.95 Å². The maximum Gasteiger partial charge on any atom is 0.275 e. The highest BCUT2D eigenvalue weighted by atomic mass is 16.1. The van der Waals surface area contributed by atoms with Gasteiger partial charge in [0.15, 0.2) is 0 Å². The Bertz CT molecular complexity index is 342. The van der Waals surface area contributed by atoms with E-state index in [9.17, 15) is 4.79 Å². The summed E-state index contributed by atoms with van der Waals surface area (Å²) in [6, 6.07) is 0. The third-order valence-corrected chi connectivity index (χ3v) is 1.55. The van der Waals surface area contributed by atoms with Gasteiger partial charge in [0.25, 0.3) is 5.56 Å². The van der Waals surface area contributed by atoms with Crippen molar-refractivity contribution in [2.45, 2.75) is 19.8 Å². The van der Waals surface area contributed by atoms with E-state index in [2.05, 4.69) is 9.97 Å². The van der Waals surface area contributed by atoms with Crippen LogP contribution in [0.25, 0.3) is 0 Å². The van der Waals surface area contributed by atoms with Crippen LogP contribution in [-0.4, -0.2) is 9.97 Å². The zero-order chi connectivity index (χ0) is 9.30. The highest BCUT2D eigenvalue weighted by Gasteiger charge is 2.09. The molecule has 5 N–H and O–H groups in total. The van der Waals surface area contributed by atoms with Crippen LogP contribution < -0.4 is 17.0 Å². The van der Waals surface area contributed by atoms with E-state index in [-0.39, 0.29) is 23.1 Å². The zero-order valence-corrected chi connectivity index (χ0v) is 7.09. The standard InChI is InChI=1S/C7H12N4O/c1-3(2)5-4(8)6(12)11-7(9)10-5/h3H,8H2,1-2H3,(H3,9,10,11,12). The summed E-state index contributed by atoms with van der Waals surface area (Å²) in [6.07, 6.45) is 0. The van der Waals surface area contributed by atoms with Crippen molar-refractivity contribution in [3.05, 3.63) is 16.0 Å². The maximum absolute atomic E-state index is 11.1. The molecule has 0 fully saturated rings. The largest absolute Gasteiger partial charge is 0.393 e. The first kappa shape index (κ1) is 8.58. The average molecular weight is 168 g/mol. The van der Waals surface area contributed by atoms with Gasteiger partial charge in [-0.05, 0) is 5.92 Å². The van der Waals surface area contributed by atoms with Crippen LogP contribution >= 0.6 is 0 Å². The molecule has 1 heterocycles. The molecule has 12 heavy (non-hydrogen) atoms. The monoisotopic (exact) mass is 168 g/mol. The van der Waals surface area contributed by atoms with Gasteiger partial charge >= 0.3 is 0 Å². The number of H-pyrrole nitrogens is 1. The lowest BCUT2D eigenvalue weighted by atomic mass is 10.1. The Morgan fingerprint density at radius 2 is 2.00 bits per heavy atom. The fourth-order valence-electron chi connectivity index (χ4n) is 0.958. The lowest BCUT2D eigenvalue weighted by Crippen LogP contribution is -2.19. The molecule has 1 rings (SSSR count). The summed E-state index contributed by atoms with van der Waals surface area (Å²) in [4.78, 5) is 17.3. The van der Waals surface area contributed by atoms with Crippen LogP contribution in [0.2, 0.25) is 0 Å². The van der Waals surface area contributed by atoms with Crippen molar-refractivity contribution in [3.63, 3.8) is 0 Å². The number of nitrogens with two attached hydrogens (primary N) is 2. The summed E-state index contributed by atoms with van der Waals surface area (Å²) in [5.74, 6) is 0.215. The van der Waals surface area contributed by atoms with Gasteiger partial charge in [0, 0.05) is 0 Å². The Labute approximate surface area is 69.8 Å². The summed E-state index contributed by atoms with van der Waals surface area (Å²) in [7, 11) is 0. The molecule has 1 aromatic rings. The lowest BCUT2D eigenvalue weighted by Gasteiger charge is -2.06. The van der Waals surface area contributed by atoms with E-state index in [1.54, 1.807) is 0 Å². The van der Waals surface area contributed by atoms with Crippen molar-refractivity contribution < 1.29 is 0 Å². The van der Waals surface area contributed by atoms with E-state index in [1.807, 2.05) is 13.8 Å². The smallest absolute Gasteiger partial charge is 0.275 e. The van der Waals surface area contributed by atoms with E-state index in [0.29, 0.717) is 5.69 Å². The Hall–Kier alpha value is -1.52. The van der Waals surface area contributed by atoms with Gasteiger partial charge in [-0.1, -0.05) is 13.8 Å². The van der Waals surface area contributed by atoms with Gasteiger partial charge in [-0.3, -0.25) is 9.78 Å². The quantitative estimate of drug-likeness (QED) is 0.552. The van der Waals surface area contributed by atoms with Gasteiger partial charge in [-0.25, -0.2) is 4.98 Å². The fourth-order valence-corrected chi connectivity index (χ4v) is 0.958. The Morgan fingerprint density at radius 3 is 2.50 bits per heavy atom. The van der Waals surface area contributed by atoms with E-state index in [0.717, 1.165) is 0 Å². The molecule has 0 radical (unpaired) electrons. The molecule has 0 unspecified atom stereocenters. The first-order valence-electron chi connectivity index (χ1n) is 3.67. The van der Waals surface area contributed by atoms with Gasteiger partial charge in [-0.15, -0.1) is 0 Å². The third-order valence-electron chi connectivity index (χ3n) is 1.55. The second kappa shape index (κ2) is 2.84. The minimum atomic E-state index is -0.369. The zero-order valence-electron chi connectivity index (χ0n) is 7.09. The van der Waals surface area contributed by atoms with E-state index >= 15 is 0 Å². The van der Waals surface area contributed by atoms with Crippen molar-refractivity contribution in [3.8, 4) is 0 Å². The van der Waals surface area contributed by atoms with Gasteiger partial charge in [-0.2, -0.15) is 0 Å². The first-order valence-corrected chi connectivity index (χ1v) is 3.67. The van der Waals surface area contributed by atoms with E-state index in [1.165, 1.54) is 0 Å². The van der Waals surface area contributed by atoms with Crippen molar-refractivity contribution in [2.75, 3.05) is 11.5 Å². The van der Waals surface area contributed by atoms with Crippen molar-refractivity contribution >= 4 is 11.6 Å². The molecule has 0 aliphatic carbocycles. The Morgan fingerprint density at radius 1 is 1.42 bits per heavy atom. The predicted molar refractivity (Wildman–Crippen MR) is 47.8 cm³/mol. The van der Waals surface area contributed by atoms with Crippen molar-refractivity contribution in [1.82, 2.24) is 9.97 Å². The Kier molecular flexibility index (Phi) is 2.03. The molecule has 0 saturated carbocycles. The molecule has 0 bridgehead atoms. The molecule has 0 amide bonds. The van der Waals surface area contributed by atoms with E-state index < -0.39 is 0 Å². The Balaban J connectivity index is 3.38. The highest BCUT2D eigenvalue weighted by molar-refractivity contribution is 5.44. The topological polar surface area (TPSA) is 97.8 Å². The second-order valence-electron chi connectivity index (χ2n) is 2.90. The molecule has 0 atom stereocenters. The number of rotatable bonds is 1. The summed E-state index contributed by atoms with van der Waals surface area (Å²) >= 11 is 0. The number of anilines is 2. The average Bonchev–Trinajstić information content (AvgIpc) is 1.96. The van der Waals surface area contributed by atoms with Crippen LogP contribution in [0.1, 0.15) is 25.5 Å². The number of aromatic nitrogens is 2. The molecule has 0 aliphatic rings. The molecule has 0 aliphatic heterocycles. The van der Waals surface area contributed by atoms with Crippen LogP contribution in [0.4, 0.5) is 11.6 Å². The number of nitrogens with one attached hydrogen (secondary N) is 1. The van der Waals surface area contributed by atoms with Crippen molar-refractivity contribution in [2.24, 2.45) is 0 Å². The molecule has 5 nitrogen and oxygen atoms in total. The van der Waals surface area contributed by atoms with Crippen LogP contribution in [0, 0.1) is 0 Å². The molecular formula is C7H12N4O. The normalized spacial score (nSPS) is 10.6. The van der Waals surface area contributed by atoms with Crippen LogP contribution in [-0.2, 0) is 0 Å². The number of hydrogen-bond donors (Lipinski definition) is 3. The van der Waals surface area contributed by atoms with Gasteiger partial charge in [0.1, 0.15) is 5.69 Å². The maximum atomic E-state index is 11.1. The first-order chi connectivity index (χ1) is 5.52. The molecule has 5 heteroatoms. The number of hydrogen-bond acceptors (Lipinski definition) is 4. The number of nitrogen functional groups attached to an aromatic ring is 2. The summed E-state index contributed by atoms with van der Waals surface area (Å²) in [5.41, 5.74) is 11.2. The van der Waals surface area contributed by atoms with Crippen LogP contribution in [0.15, 0.2) is 4.79 Å². The van der Waals surface area contributed by atoms with Crippen LogP contribution in [0.5, 0.6) is 0 Å². The van der Waals surface area contributed by atoms with Gasteiger partial charge in [0.05, 0.1) is 5.69 Å². The minimum absolute atomic E-state index is 0.106. The minimum Gasteiger partial charge on any atom is -0.393 e. The van der Waals surface area contributed by atoms with Crippen LogP contribution in [0.3, 0.4) is 0 Å². The second-order valence-corrected chi connectivity index (χ2v) is 2.90. The number of nitrogens with zero attached hydrogens (tertiary/aromatic N) is 1. The highest BCUT2D eigenvalue weighted by Crippen LogP contribution is 2.15. The SMILES string of the molecule is CC(C)c1nc(N)[nH]c(=O)c1N.